The van der Waals surface area contributed by atoms with Crippen LogP contribution in [-0.2, 0) is 0 Å². The van der Waals surface area contributed by atoms with Crippen LogP contribution < -0.4 is 10.1 Å². The number of aryl methyl sites for hydroxylation is 1. The van der Waals surface area contributed by atoms with Crippen molar-refractivity contribution in [2.24, 2.45) is 0 Å². The number of carbonyl (C=O) groups excluding carboxylic acids is 1. The van der Waals surface area contributed by atoms with Crippen molar-refractivity contribution < 1.29 is 9.53 Å². The summed E-state index contributed by atoms with van der Waals surface area (Å²) in [5.74, 6) is -0.309. The van der Waals surface area contributed by atoms with E-state index < -0.39 is 0 Å². The number of rotatable bonds is 4. The maximum atomic E-state index is 12.8. The van der Waals surface area contributed by atoms with E-state index in [1.54, 1.807) is 12.5 Å². The summed E-state index contributed by atoms with van der Waals surface area (Å²) in [6, 6.07) is 7.69. The molecule has 0 bridgehead atoms. The zero-order valence-electron chi connectivity index (χ0n) is 14.0. The fourth-order valence-corrected chi connectivity index (χ4v) is 3.15. The molecule has 3 aromatic heterocycles. The van der Waals surface area contributed by atoms with Crippen LogP contribution in [0.1, 0.15) is 16.1 Å². The Hall–Kier alpha value is -3.33. The lowest BCUT2D eigenvalue weighted by molar-refractivity contribution is 0.102. The van der Waals surface area contributed by atoms with E-state index in [2.05, 4.69) is 30.5 Å². The summed E-state index contributed by atoms with van der Waals surface area (Å²) in [4.78, 5) is 24.3. The Labute approximate surface area is 152 Å². The van der Waals surface area contributed by atoms with Crippen LogP contribution in [0.4, 0.5) is 5.13 Å². The molecule has 0 saturated carbocycles. The molecule has 8 nitrogen and oxygen atoms in total. The van der Waals surface area contributed by atoms with Crippen LogP contribution in [0, 0.1) is 6.92 Å². The van der Waals surface area contributed by atoms with E-state index in [9.17, 15) is 4.79 Å². The molecule has 26 heavy (non-hydrogen) atoms. The Morgan fingerprint density at radius 3 is 2.92 bits per heavy atom. The first-order valence-corrected chi connectivity index (χ1v) is 8.54. The van der Waals surface area contributed by atoms with E-state index in [4.69, 9.17) is 4.74 Å². The van der Waals surface area contributed by atoms with E-state index in [1.807, 2.05) is 31.2 Å². The fraction of sp³-hybridized carbons (Fsp3) is 0.118. The smallest absolute Gasteiger partial charge is 0.295 e. The molecule has 0 aliphatic heterocycles. The third-order valence-electron chi connectivity index (χ3n) is 3.82. The standard InChI is InChI=1S/C17H14N6O2S/c1-9-5-11(10-3-4-13-14(6-10)20-8-19-13)12(7-18-9)15(24)21-16-22-23-17(25-2)26-16/h3-8H,1-2H3,(H,19,20)(H,21,22,24). The molecule has 4 aromatic rings. The molecule has 0 aliphatic carbocycles. The summed E-state index contributed by atoms with van der Waals surface area (Å²) in [6.45, 7) is 1.88. The van der Waals surface area contributed by atoms with Crippen molar-refractivity contribution in [1.29, 1.82) is 0 Å². The van der Waals surface area contributed by atoms with E-state index in [0.717, 1.165) is 39.2 Å². The van der Waals surface area contributed by atoms with Crippen molar-refractivity contribution in [2.75, 3.05) is 12.4 Å². The molecule has 0 unspecified atom stereocenters. The summed E-state index contributed by atoms with van der Waals surface area (Å²) in [5.41, 5.74) is 4.71. The van der Waals surface area contributed by atoms with Gasteiger partial charge in [0.1, 0.15) is 0 Å². The lowest BCUT2D eigenvalue weighted by Crippen LogP contribution is -2.13. The molecule has 130 valence electrons. The molecule has 0 saturated heterocycles. The zero-order chi connectivity index (χ0) is 18.1. The molecule has 0 aliphatic rings. The lowest BCUT2D eigenvalue weighted by atomic mass is 9.99. The number of nitrogens with one attached hydrogen (secondary N) is 2. The van der Waals surface area contributed by atoms with Crippen LogP contribution in [-0.4, -0.2) is 38.2 Å². The topological polar surface area (TPSA) is 106 Å². The van der Waals surface area contributed by atoms with Gasteiger partial charge in [0, 0.05) is 11.9 Å². The first-order chi connectivity index (χ1) is 12.6. The average molecular weight is 366 g/mol. The number of methoxy groups -OCH3 is 1. The largest absolute Gasteiger partial charge is 0.472 e. The maximum Gasteiger partial charge on any atom is 0.295 e. The van der Waals surface area contributed by atoms with Crippen molar-refractivity contribution in [3.63, 3.8) is 0 Å². The Balaban J connectivity index is 1.72. The summed E-state index contributed by atoms with van der Waals surface area (Å²) in [6.07, 6.45) is 3.21. The van der Waals surface area contributed by atoms with Crippen molar-refractivity contribution in [3.05, 3.63) is 48.0 Å². The average Bonchev–Trinajstić information content (AvgIpc) is 3.29. The number of anilines is 1. The van der Waals surface area contributed by atoms with Gasteiger partial charge in [-0.25, -0.2) is 4.98 Å². The second kappa shape index (κ2) is 6.52. The predicted octanol–water partition coefficient (Wildman–Crippen LogP) is 3.05. The van der Waals surface area contributed by atoms with E-state index in [-0.39, 0.29) is 5.91 Å². The number of aromatic amines is 1. The molecule has 0 radical (unpaired) electrons. The number of pyridine rings is 1. The minimum atomic E-state index is -0.309. The van der Waals surface area contributed by atoms with Gasteiger partial charge in [0.2, 0.25) is 5.13 Å². The Kier molecular flexibility index (Phi) is 4.05. The van der Waals surface area contributed by atoms with Gasteiger partial charge in [-0.1, -0.05) is 11.2 Å². The second-order valence-electron chi connectivity index (χ2n) is 5.54. The predicted molar refractivity (Wildman–Crippen MR) is 98.5 cm³/mol. The molecule has 3 heterocycles. The molecule has 0 fully saturated rings. The van der Waals surface area contributed by atoms with Crippen LogP contribution in [0.3, 0.4) is 0 Å². The van der Waals surface area contributed by atoms with Crippen LogP contribution in [0.25, 0.3) is 22.2 Å². The number of H-pyrrole nitrogens is 1. The first-order valence-electron chi connectivity index (χ1n) is 7.73. The van der Waals surface area contributed by atoms with Crippen molar-refractivity contribution in [2.45, 2.75) is 6.92 Å². The minimum Gasteiger partial charge on any atom is -0.472 e. The first kappa shape index (κ1) is 16.2. The van der Waals surface area contributed by atoms with Crippen molar-refractivity contribution in [3.8, 4) is 16.3 Å². The van der Waals surface area contributed by atoms with Crippen LogP contribution in [0.15, 0.2) is 36.8 Å². The van der Waals surface area contributed by atoms with Gasteiger partial charge in [-0.15, -0.1) is 5.10 Å². The minimum absolute atomic E-state index is 0.309. The number of imidazole rings is 1. The van der Waals surface area contributed by atoms with Gasteiger partial charge >= 0.3 is 0 Å². The fourth-order valence-electron chi connectivity index (χ4n) is 2.59. The van der Waals surface area contributed by atoms with Crippen LogP contribution >= 0.6 is 11.3 Å². The second-order valence-corrected chi connectivity index (χ2v) is 6.48. The van der Waals surface area contributed by atoms with Crippen molar-refractivity contribution >= 4 is 33.4 Å². The number of nitrogens with zero attached hydrogens (tertiary/aromatic N) is 4. The number of hydrogen-bond acceptors (Lipinski definition) is 7. The number of amides is 1. The number of fused-ring (bicyclic) bond motifs is 1. The van der Waals surface area contributed by atoms with Gasteiger partial charge in [0.05, 0.1) is 30.0 Å². The van der Waals surface area contributed by atoms with E-state index >= 15 is 0 Å². The Morgan fingerprint density at radius 1 is 1.23 bits per heavy atom. The summed E-state index contributed by atoms with van der Waals surface area (Å²) in [7, 11) is 1.50. The molecular weight excluding hydrogens is 352 g/mol. The highest BCUT2D eigenvalue weighted by molar-refractivity contribution is 7.17. The molecule has 0 atom stereocenters. The maximum absolute atomic E-state index is 12.8. The highest BCUT2D eigenvalue weighted by Gasteiger charge is 2.17. The van der Waals surface area contributed by atoms with Gasteiger partial charge < -0.3 is 9.72 Å². The molecule has 0 spiro atoms. The molecule has 1 amide bonds. The number of hydrogen-bond donors (Lipinski definition) is 2. The van der Waals surface area contributed by atoms with Gasteiger partial charge in [0.25, 0.3) is 11.1 Å². The van der Waals surface area contributed by atoms with Gasteiger partial charge in [-0.3, -0.25) is 15.1 Å². The quantitative estimate of drug-likeness (QED) is 0.575. The lowest BCUT2D eigenvalue weighted by Gasteiger charge is -2.10. The monoisotopic (exact) mass is 366 g/mol. The van der Waals surface area contributed by atoms with Gasteiger partial charge in [-0.2, -0.15) is 0 Å². The highest BCUT2D eigenvalue weighted by atomic mass is 32.1. The molecule has 4 rings (SSSR count). The number of carbonyl (C=O) groups is 1. The SMILES string of the molecule is COc1nnc(NC(=O)c2cnc(C)cc2-c2ccc3nc[nH]c3c2)s1. The molecular formula is C17H14N6O2S. The highest BCUT2D eigenvalue weighted by Crippen LogP contribution is 2.28. The van der Waals surface area contributed by atoms with E-state index in [0.29, 0.717) is 15.9 Å². The third kappa shape index (κ3) is 3.00. The molecule has 1 aromatic carbocycles. The van der Waals surface area contributed by atoms with Crippen molar-refractivity contribution in [1.82, 2.24) is 25.1 Å². The van der Waals surface area contributed by atoms with Crippen LogP contribution in [0.2, 0.25) is 0 Å². The summed E-state index contributed by atoms with van der Waals surface area (Å²) >= 11 is 1.15. The number of benzene rings is 1. The number of aromatic nitrogens is 5. The Morgan fingerprint density at radius 2 is 2.12 bits per heavy atom. The van der Waals surface area contributed by atoms with Gasteiger partial charge in [0.15, 0.2) is 0 Å². The van der Waals surface area contributed by atoms with Gasteiger partial charge in [-0.05, 0) is 47.6 Å². The normalized spacial score (nSPS) is 10.8. The summed E-state index contributed by atoms with van der Waals surface area (Å²) < 4.78 is 5.00. The Bertz CT molecular complexity index is 1100. The van der Waals surface area contributed by atoms with E-state index in [1.165, 1.54) is 7.11 Å². The number of ether oxygens (including phenoxy) is 1. The van der Waals surface area contributed by atoms with Crippen LogP contribution in [0.5, 0.6) is 5.19 Å². The zero-order valence-corrected chi connectivity index (χ0v) is 14.8. The summed E-state index contributed by atoms with van der Waals surface area (Å²) in [5, 5.41) is 11.2. The molecule has 9 heteroatoms. The third-order valence-corrected chi connectivity index (χ3v) is 4.62. The molecule has 2 N–H and O–H groups in total.